The number of hydrogen-bond donors (Lipinski definition) is 1. The van der Waals surface area contributed by atoms with E-state index in [-0.39, 0.29) is 0 Å². The highest BCUT2D eigenvalue weighted by molar-refractivity contribution is 6.25. The van der Waals surface area contributed by atoms with Crippen LogP contribution in [0.5, 0.6) is 11.5 Å². The van der Waals surface area contributed by atoms with Crippen LogP contribution >= 0.6 is 11.6 Å². The van der Waals surface area contributed by atoms with E-state index in [2.05, 4.69) is 0 Å². The molecule has 0 fully saturated rings. The topological polar surface area (TPSA) is 44.5 Å². The molecule has 17 heavy (non-hydrogen) atoms. The van der Waals surface area contributed by atoms with Crippen molar-refractivity contribution in [2.75, 3.05) is 20.3 Å². The van der Waals surface area contributed by atoms with E-state index in [1.807, 2.05) is 25.1 Å². The van der Waals surface area contributed by atoms with Crippen LogP contribution in [0.25, 0.3) is 0 Å². The Bertz CT molecular complexity index is 391. The fourth-order valence-corrected chi connectivity index (χ4v) is 1.44. The minimum absolute atomic E-state index is 0.454. The molecular weight excluding hydrogens is 238 g/mol. The van der Waals surface area contributed by atoms with Crippen molar-refractivity contribution in [1.82, 2.24) is 0 Å². The van der Waals surface area contributed by atoms with Gasteiger partial charge in [0, 0.05) is 5.54 Å². The standard InChI is InChI=1S/C13H18ClNO2/c1-10(8-14)9-17-12-4-3-11(5-6-15)7-13(12)16-2/h3-4,7-8H,5-6,9,15H2,1-2H3/b10-8+. The molecule has 0 aliphatic heterocycles. The first-order chi connectivity index (χ1) is 8.21. The highest BCUT2D eigenvalue weighted by atomic mass is 35.5. The Morgan fingerprint density at radius 3 is 2.76 bits per heavy atom. The molecule has 0 aliphatic rings. The van der Waals surface area contributed by atoms with Crippen LogP contribution in [0, 0.1) is 0 Å². The minimum atomic E-state index is 0.454. The largest absolute Gasteiger partial charge is 0.493 e. The second-order valence-corrected chi connectivity index (χ2v) is 3.99. The van der Waals surface area contributed by atoms with Gasteiger partial charge in [-0.25, -0.2) is 0 Å². The molecule has 4 heteroatoms. The van der Waals surface area contributed by atoms with Crippen molar-refractivity contribution in [1.29, 1.82) is 0 Å². The Morgan fingerprint density at radius 1 is 1.41 bits per heavy atom. The van der Waals surface area contributed by atoms with Gasteiger partial charge in [-0.15, -0.1) is 0 Å². The van der Waals surface area contributed by atoms with Gasteiger partial charge in [0.2, 0.25) is 0 Å². The van der Waals surface area contributed by atoms with E-state index in [1.54, 1.807) is 7.11 Å². The first-order valence-corrected chi connectivity index (χ1v) is 5.90. The van der Waals surface area contributed by atoms with Crippen LogP contribution in [0.1, 0.15) is 12.5 Å². The fraction of sp³-hybridized carbons (Fsp3) is 0.385. The summed E-state index contributed by atoms with van der Waals surface area (Å²) in [5.41, 5.74) is 9.12. The van der Waals surface area contributed by atoms with E-state index in [0.717, 1.165) is 23.3 Å². The van der Waals surface area contributed by atoms with Gasteiger partial charge in [0.05, 0.1) is 7.11 Å². The van der Waals surface area contributed by atoms with Gasteiger partial charge in [-0.1, -0.05) is 17.7 Å². The summed E-state index contributed by atoms with van der Waals surface area (Å²) in [7, 11) is 1.62. The molecule has 94 valence electrons. The lowest BCUT2D eigenvalue weighted by atomic mass is 10.1. The molecule has 0 heterocycles. The van der Waals surface area contributed by atoms with E-state index < -0.39 is 0 Å². The van der Waals surface area contributed by atoms with Crippen molar-refractivity contribution in [3.05, 3.63) is 34.9 Å². The summed E-state index contributed by atoms with van der Waals surface area (Å²) >= 11 is 5.57. The number of rotatable bonds is 6. The SMILES string of the molecule is COc1cc(CCN)ccc1OC/C(C)=C/Cl. The fourth-order valence-electron chi connectivity index (χ4n) is 1.38. The predicted octanol–water partition coefficient (Wildman–Crippen LogP) is 2.72. The summed E-state index contributed by atoms with van der Waals surface area (Å²) in [5, 5.41) is 0. The van der Waals surface area contributed by atoms with Gasteiger partial charge in [0.15, 0.2) is 11.5 Å². The van der Waals surface area contributed by atoms with Crippen LogP contribution in [-0.2, 0) is 6.42 Å². The van der Waals surface area contributed by atoms with Crippen LogP contribution in [0.3, 0.4) is 0 Å². The quantitative estimate of drug-likeness (QED) is 0.850. The predicted molar refractivity (Wildman–Crippen MR) is 70.9 cm³/mol. The van der Waals surface area contributed by atoms with Crippen molar-refractivity contribution in [2.45, 2.75) is 13.3 Å². The molecule has 0 unspecified atom stereocenters. The number of hydrogen-bond acceptors (Lipinski definition) is 3. The van der Waals surface area contributed by atoms with Gasteiger partial charge in [-0.2, -0.15) is 0 Å². The molecule has 0 amide bonds. The van der Waals surface area contributed by atoms with Crippen molar-refractivity contribution >= 4 is 11.6 Å². The van der Waals surface area contributed by atoms with Crippen molar-refractivity contribution in [2.24, 2.45) is 5.73 Å². The summed E-state index contributed by atoms with van der Waals surface area (Å²) in [6.45, 7) is 2.98. The lowest BCUT2D eigenvalue weighted by molar-refractivity contribution is 0.319. The molecule has 3 nitrogen and oxygen atoms in total. The summed E-state index contributed by atoms with van der Waals surface area (Å²) in [6, 6.07) is 5.83. The summed E-state index contributed by atoms with van der Waals surface area (Å²) in [4.78, 5) is 0. The third-order valence-corrected chi connectivity index (χ3v) is 2.68. The van der Waals surface area contributed by atoms with E-state index in [1.165, 1.54) is 5.54 Å². The second kappa shape index (κ2) is 7.20. The second-order valence-electron chi connectivity index (χ2n) is 3.77. The summed E-state index contributed by atoms with van der Waals surface area (Å²) in [6.07, 6.45) is 0.831. The molecule has 2 N–H and O–H groups in total. The van der Waals surface area contributed by atoms with Gasteiger partial charge in [0.25, 0.3) is 0 Å². The zero-order valence-electron chi connectivity index (χ0n) is 10.2. The number of ether oxygens (including phenoxy) is 2. The van der Waals surface area contributed by atoms with Gasteiger partial charge in [-0.3, -0.25) is 0 Å². The summed E-state index contributed by atoms with van der Waals surface area (Å²) < 4.78 is 10.9. The lowest BCUT2D eigenvalue weighted by Gasteiger charge is -2.12. The molecular formula is C13H18ClNO2. The Hall–Kier alpha value is -1.19. The molecule has 1 aromatic carbocycles. The summed E-state index contributed by atoms with van der Waals surface area (Å²) in [5.74, 6) is 1.43. The van der Waals surface area contributed by atoms with E-state index in [9.17, 15) is 0 Å². The number of nitrogens with two attached hydrogens (primary N) is 1. The van der Waals surface area contributed by atoms with Crippen LogP contribution in [0.4, 0.5) is 0 Å². The molecule has 0 atom stereocenters. The Balaban J connectivity index is 2.78. The van der Waals surface area contributed by atoms with Gasteiger partial charge in [0.1, 0.15) is 6.61 Å². The zero-order chi connectivity index (χ0) is 12.7. The number of methoxy groups -OCH3 is 1. The van der Waals surface area contributed by atoms with Crippen LogP contribution in [0.2, 0.25) is 0 Å². The molecule has 0 bridgehead atoms. The average Bonchev–Trinajstić information content (AvgIpc) is 2.36. The molecule has 0 saturated heterocycles. The maximum absolute atomic E-state index is 5.60. The molecule has 0 radical (unpaired) electrons. The lowest BCUT2D eigenvalue weighted by Crippen LogP contribution is -2.04. The van der Waals surface area contributed by atoms with E-state index in [0.29, 0.717) is 18.9 Å². The smallest absolute Gasteiger partial charge is 0.161 e. The molecule has 0 spiro atoms. The van der Waals surface area contributed by atoms with E-state index >= 15 is 0 Å². The highest BCUT2D eigenvalue weighted by Gasteiger charge is 2.05. The van der Waals surface area contributed by atoms with Crippen molar-refractivity contribution < 1.29 is 9.47 Å². The molecule has 0 aliphatic carbocycles. The molecule has 1 aromatic rings. The van der Waals surface area contributed by atoms with Gasteiger partial charge >= 0.3 is 0 Å². The molecule has 0 saturated carbocycles. The maximum Gasteiger partial charge on any atom is 0.161 e. The van der Waals surface area contributed by atoms with Crippen LogP contribution in [0.15, 0.2) is 29.3 Å². The van der Waals surface area contributed by atoms with Gasteiger partial charge < -0.3 is 15.2 Å². The number of halogens is 1. The first-order valence-electron chi connectivity index (χ1n) is 5.47. The monoisotopic (exact) mass is 255 g/mol. The molecule has 1 rings (SSSR count). The Labute approximate surface area is 107 Å². The molecule has 0 aromatic heterocycles. The van der Waals surface area contributed by atoms with Crippen LogP contribution < -0.4 is 15.2 Å². The zero-order valence-corrected chi connectivity index (χ0v) is 11.0. The van der Waals surface area contributed by atoms with E-state index in [4.69, 9.17) is 26.8 Å². The Morgan fingerprint density at radius 2 is 2.18 bits per heavy atom. The van der Waals surface area contributed by atoms with Gasteiger partial charge in [-0.05, 0) is 43.2 Å². The number of benzene rings is 1. The maximum atomic E-state index is 5.60. The van der Waals surface area contributed by atoms with Crippen molar-refractivity contribution in [3.63, 3.8) is 0 Å². The third-order valence-electron chi connectivity index (χ3n) is 2.30. The first kappa shape index (κ1) is 13.9. The third kappa shape index (κ3) is 4.29. The normalized spacial score (nSPS) is 11.4. The van der Waals surface area contributed by atoms with Crippen LogP contribution in [-0.4, -0.2) is 20.3 Å². The average molecular weight is 256 g/mol. The minimum Gasteiger partial charge on any atom is -0.493 e. The Kier molecular flexibility index (Phi) is 5.87. The van der Waals surface area contributed by atoms with Crippen molar-refractivity contribution in [3.8, 4) is 11.5 Å². The highest BCUT2D eigenvalue weighted by Crippen LogP contribution is 2.28.